The van der Waals surface area contributed by atoms with Crippen LogP contribution in [0, 0.1) is 11.8 Å². The Bertz CT molecular complexity index is 423. The number of carbonyl (C=O) groups excluding carboxylic acids is 1. The number of nitrogens with two attached hydrogens (primary N) is 1. The predicted octanol–water partition coefficient (Wildman–Crippen LogP) is 0.654. The van der Waals surface area contributed by atoms with E-state index in [0.717, 1.165) is 39.0 Å². The van der Waals surface area contributed by atoms with E-state index in [4.69, 9.17) is 5.73 Å². The Morgan fingerprint density at radius 1 is 1.28 bits per heavy atom. The molecule has 2 N–H and O–H groups in total. The van der Waals surface area contributed by atoms with Crippen molar-refractivity contribution in [2.75, 3.05) is 26.2 Å². The lowest BCUT2D eigenvalue weighted by atomic mass is 9.71. The molecule has 4 fully saturated rings. The first kappa shape index (κ1) is 10.8. The van der Waals surface area contributed by atoms with Crippen molar-refractivity contribution in [3.05, 3.63) is 0 Å². The minimum atomic E-state index is -0.254. The van der Waals surface area contributed by atoms with Crippen molar-refractivity contribution in [3.8, 4) is 0 Å². The third-order valence-corrected chi connectivity index (χ3v) is 5.24. The molecule has 5 nitrogen and oxygen atoms in total. The average molecular weight is 248 g/mol. The zero-order valence-electron chi connectivity index (χ0n) is 10.6. The van der Waals surface area contributed by atoms with Gasteiger partial charge in [0.15, 0.2) is 0 Å². The fourth-order valence-corrected chi connectivity index (χ4v) is 4.00. The van der Waals surface area contributed by atoms with Crippen LogP contribution >= 0.6 is 0 Å². The first-order chi connectivity index (χ1) is 8.70. The van der Waals surface area contributed by atoms with Crippen molar-refractivity contribution < 1.29 is 4.79 Å². The number of hydrogen-bond donors (Lipinski definition) is 1. The van der Waals surface area contributed by atoms with Gasteiger partial charge in [0.2, 0.25) is 0 Å². The van der Waals surface area contributed by atoms with Gasteiger partial charge in [0.1, 0.15) is 11.4 Å². The molecule has 3 saturated heterocycles. The van der Waals surface area contributed by atoms with Crippen LogP contribution in [0.25, 0.3) is 0 Å². The van der Waals surface area contributed by atoms with E-state index >= 15 is 0 Å². The van der Waals surface area contributed by atoms with Crippen molar-refractivity contribution in [3.63, 3.8) is 0 Å². The van der Waals surface area contributed by atoms with Crippen molar-refractivity contribution in [1.29, 1.82) is 0 Å². The van der Waals surface area contributed by atoms with E-state index in [0.29, 0.717) is 17.7 Å². The van der Waals surface area contributed by atoms with E-state index in [1.165, 1.54) is 12.8 Å². The maximum absolute atomic E-state index is 12.1. The molecule has 1 saturated carbocycles. The van der Waals surface area contributed by atoms with Gasteiger partial charge in [0, 0.05) is 13.1 Å². The van der Waals surface area contributed by atoms with Crippen LogP contribution < -0.4 is 5.73 Å². The summed E-state index contributed by atoms with van der Waals surface area (Å²) < 4.78 is 0. The quantitative estimate of drug-likeness (QED) is 0.780. The van der Waals surface area contributed by atoms with Crippen molar-refractivity contribution in [2.24, 2.45) is 22.6 Å². The molecule has 5 heteroatoms. The highest BCUT2D eigenvalue weighted by atomic mass is 16.2. The summed E-state index contributed by atoms with van der Waals surface area (Å²) in [5, 5.41) is 0. The molecule has 0 aromatic heterocycles. The number of carbonyl (C=O) groups is 1. The van der Waals surface area contributed by atoms with Crippen molar-refractivity contribution in [2.45, 2.75) is 31.2 Å². The van der Waals surface area contributed by atoms with Crippen molar-refractivity contribution >= 4 is 11.9 Å². The second kappa shape index (κ2) is 3.47. The molecule has 0 aromatic carbocycles. The topological polar surface area (TPSA) is 61.9 Å². The summed E-state index contributed by atoms with van der Waals surface area (Å²) in [5.74, 6) is 1.81. The summed E-state index contributed by atoms with van der Waals surface area (Å²) in [6, 6.07) is -0.0897. The fraction of sp³-hybridized carbons (Fsp3) is 0.846. The number of rotatable bonds is 2. The molecule has 5 aliphatic rings. The molecule has 4 aliphatic heterocycles. The lowest BCUT2D eigenvalue weighted by molar-refractivity contribution is -0.00649. The number of nitrogens with zero attached hydrogens (tertiary/aromatic N) is 3. The van der Waals surface area contributed by atoms with Gasteiger partial charge in [-0.05, 0) is 50.6 Å². The summed E-state index contributed by atoms with van der Waals surface area (Å²) in [6.07, 6.45) is 4.83. The van der Waals surface area contributed by atoms with Crippen molar-refractivity contribution in [1.82, 2.24) is 9.80 Å². The van der Waals surface area contributed by atoms with Gasteiger partial charge in [-0.1, -0.05) is 0 Å². The predicted molar refractivity (Wildman–Crippen MR) is 68.3 cm³/mol. The van der Waals surface area contributed by atoms with Crippen LogP contribution in [0.4, 0.5) is 4.79 Å². The first-order valence-electron chi connectivity index (χ1n) is 7.09. The number of amides is 2. The number of aliphatic imine (C=N–C) groups is 1. The van der Waals surface area contributed by atoms with E-state index in [9.17, 15) is 4.79 Å². The van der Waals surface area contributed by atoms with Crippen LogP contribution in [0.5, 0.6) is 0 Å². The summed E-state index contributed by atoms with van der Waals surface area (Å²) in [4.78, 5) is 20.7. The smallest absolute Gasteiger partial charge is 0.346 e. The molecule has 98 valence electrons. The number of hydrogen-bond acceptors (Lipinski definition) is 3. The number of piperidine rings is 3. The van der Waals surface area contributed by atoms with E-state index in [1.807, 2.05) is 4.90 Å². The molecule has 1 spiro atoms. The molecular formula is C13H20N4O. The Labute approximate surface area is 107 Å². The highest BCUT2D eigenvalue weighted by Crippen LogP contribution is 2.44. The monoisotopic (exact) mass is 248 g/mol. The van der Waals surface area contributed by atoms with Gasteiger partial charge in [-0.3, -0.25) is 0 Å². The third-order valence-electron chi connectivity index (χ3n) is 5.24. The zero-order valence-corrected chi connectivity index (χ0v) is 10.6. The van der Waals surface area contributed by atoms with Crippen LogP contribution in [-0.2, 0) is 0 Å². The minimum absolute atomic E-state index is 0.0897. The first-order valence-corrected chi connectivity index (χ1v) is 7.09. The lowest BCUT2D eigenvalue weighted by Crippen LogP contribution is -2.70. The maximum Gasteiger partial charge on any atom is 0.346 e. The van der Waals surface area contributed by atoms with Gasteiger partial charge >= 0.3 is 6.03 Å². The molecule has 1 aliphatic carbocycles. The lowest BCUT2D eigenvalue weighted by Gasteiger charge is -2.54. The standard InChI is InChI=1S/C13H20N4O/c14-11-13(8-16-5-3-10(13)4-6-16)17(12(18)15-11)7-9-1-2-9/h9-10H,1-8H2,(H2,14,15,18). The van der Waals surface area contributed by atoms with Gasteiger partial charge < -0.3 is 15.5 Å². The van der Waals surface area contributed by atoms with E-state index < -0.39 is 0 Å². The molecule has 1 atom stereocenters. The maximum atomic E-state index is 12.1. The Morgan fingerprint density at radius 2 is 2.00 bits per heavy atom. The molecule has 2 amide bonds. The second-order valence-electron chi connectivity index (χ2n) is 6.31. The summed E-state index contributed by atoms with van der Waals surface area (Å²) >= 11 is 0. The number of fused-ring (bicyclic) bond motifs is 2. The highest BCUT2D eigenvalue weighted by Gasteiger charge is 2.58. The summed E-state index contributed by atoms with van der Waals surface area (Å²) in [6.45, 7) is 4.09. The highest BCUT2D eigenvalue weighted by molar-refractivity contribution is 6.06. The van der Waals surface area contributed by atoms with Crippen LogP contribution in [0.15, 0.2) is 4.99 Å². The largest absolute Gasteiger partial charge is 0.385 e. The second-order valence-corrected chi connectivity index (χ2v) is 6.31. The van der Waals surface area contributed by atoms with Gasteiger partial charge in [-0.2, -0.15) is 4.99 Å². The van der Waals surface area contributed by atoms with Gasteiger partial charge in [0.25, 0.3) is 0 Å². The van der Waals surface area contributed by atoms with E-state index in [1.54, 1.807) is 0 Å². The molecule has 5 rings (SSSR count). The van der Waals surface area contributed by atoms with Crippen LogP contribution in [0.3, 0.4) is 0 Å². The van der Waals surface area contributed by atoms with Gasteiger partial charge in [-0.25, -0.2) is 4.79 Å². The van der Waals surface area contributed by atoms with Crippen LogP contribution in [-0.4, -0.2) is 53.4 Å². The molecular weight excluding hydrogens is 228 g/mol. The molecule has 2 bridgehead atoms. The molecule has 4 heterocycles. The van der Waals surface area contributed by atoms with Gasteiger partial charge in [-0.15, -0.1) is 0 Å². The Morgan fingerprint density at radius 3 is 2.56 bits per heavy atom. The summed E-state index contributed by atoms with van der Waals surface area (Å²) in [5.41, 5.74) is 5.91. The average Bonchev–Trinajstić information content (AvgIpc) is 3.17. The Hall–Kier alpha value is -1.10. The molecule has 18 heavy (non-hydrogen) atoms. The Balaban J connectivity index is 1.70. The minimum Gasteiger partial charge on any atom is -0.385 e. The van der Waals surface area contributed by atoms with Crippen LogP contribution in [0.1, 0.15) is 25.7 Å². The number of amidine groups is 1. The SMILES string of the molecule is NC1=NC(=O)N(CC2CC2)C12CN1CCC2CC1. The fourth-order valence-electron chi connectivity index (χ4n) is 4.00. The molecule has 1 unspecified atom stereocenters. The van der Waals surface area contributed by atoms with Gasteiger partial charge in [0.05, 0.1) is 0 Å². The summed E-state index contributed by atoms with van der Waals surface area (Å²) in [7, 11) is 0. The molecule has 0 aromatic rings. The van der Waals surface area contributed by atoms with E-state index in [2.05, 4.69) is 9.89 Å². The Kier molecular flexibility index (Phi) is 2.08. The third kappa shape index (κ3) is 1.31. The number of urea groups is 1. The van der Waals surface area contributed by atoms with E-state index in [-0.39, 0.29) is 11.6 Å². The molecule has 0 radical (unpaired) electrons. The van der Waals surface area contributed by atoms with Crippen LogP contribution in [0.2, 0.25) is 0 Å². The zero-order chi connectivity index (χ0) is 12.3. The normalized spacial score (nSPS) is 42.8.